The second kappa shape index (κ2) is 10.1. The second-order valence-corrected chi connectivity index (χ2v) is 33.0. The van der Waals surface area contributed by atoms with E-state index in [2.05, 4.69) is 144 Å². The van der Waals surface area contributed by atoms with Crippen LogP contribution in [-0.2, 0) is 13.3 Å². The average Bonchev–Trinajstić information content (AvgIpc) is 2.64. The van der Waals surface area contributed by atoms with Gasteiger partial charge in [-0.25, -0.2) is 0 Å². The molecule has 0 spiro atoms. The van der Waals surface area contributed by atoms with E-state index in [0.29, 0.717) is 0 Å². The molecule has 0 amide bonds. The first-order valence-electron chi connectivity index (χ1n) is 13.1. The first-order chi connectivity index (χ1) is 15.3. The molecule has 0 radical (unpaired) electrons. The van der Waals surface area contributed by atoms with Crippen LogP contribution in [-0.4, -0.2) is 49.1 Å². The van der Waals surface area contributed by atoms with Gasteiger partial charge in [0.25, 0.3) is 8.32 Å². The highest BCUT2D eigenvalue weighted by Gasteiger charge is 2.60. The van der Waals surface area contributed by atoms with Crippen molar-refractivity contribution < 1.29 is 13.3 Å². The summed E-state index contributed by atoms with van der Waals surface area (Å²) >= 11 is 0. The molecular weight excluding hydrogens is 497 g/mol. The maximum absolute atomic E-state index is 7.50. The predicted molar refractivity (Wildman–Crippen MR) is 166 cm³/mol. The lowest BCUT2D eigenvalue weighted by molar-refractivity contribution is 0.0232. The van der Waals surface area contributed by atoms with Crippen LogP contribution < -0.4 is 5.19 Å². The highest BCUT2D eigenvalue weighted by Crippen LogP contribution is 2.52. The fourth-order valence-electron chi connectivity index (χ4n) is 4.45. The summed E-state index contributed by atoms with van der Waals surface area (Å²) in [5, 5.41) is 0.358. The predicted octanol–water partition coefficient (Wildman–Crippen LogP) is 8.26. The van der Waals surface area contributed by atoms with Gasteiger partial charge in [-0.3, -0.25) is 0 Å². The number of rotatable bonds is 12. The van der Waals surface area contributed by atoms with Crippen LogP contribution in [0.3, 0.4) is 0 Å². The molecule has 0 saturated heterocycles. The van der Waals surface area contributed by atoms with E-state index in [4.69, 9.17) is 13.3 Å². The van der Waals surface area contributed by atoms with Gasteiger partial charge in [-0.1, -0.05) is 69.9 Å². The molecule has 0 aliphatic rings. The monoisotopic (exact) mass is 552 g/mol. The fraction of sp³-hybridized carbons (Fsp3) is 0.714. The van der Waals surface area contributed by atoms with E-state index >= 15 is 0 Å². The van der Waals surface area contributed by atoms with Crippen LogP contribution in [0.5, 0.6) is 0 Å². The van der Waals surface area contributed by atoms with Crippen LogP contribution in [0, 0.1) is 0 Å². The number of hydrogen-bond donors (Lipinski definition) is 0. The molecule has 2 atom stereocenters. The van der Waals surface area contributed by atoms with Gasteiger partial charge in [0.1, 0.15) is 0 Å². The normalized spacial score (nSPS) is 18.1. The third-order valence-electron chi connectivity index (χ3n) is 8.97. The maximum atomic E-state index is 7.50. The van der Waals surface area contributed by atoms with Gasteiger partial charge >= 0.3 is 0 Å². The molecule has 35 heavy (non-hydrogen) atoms. The molecule has 0 aliphatic heterocycles. The molecule has 0 saturated carbocycles. The van der Waals surface area contributed by atoms with Gasteiger partial charge in [-0.2, -0.15) is 0 Å². The van der Waals surface area contributed by atoms with Crippen LogP contribution in [0.1, 0.15) is 48.5 Å². The summed E-state index contributed by atoms with van der Waals surface area (Å²) < 4.78 is 21.5. The van der Waals surface area contributed by atoms with Gasteiger partial charge < -0.3 is 13.3 Å². The highest BCUT2D eigenvalue weighted by molar-refractivity contribution is 6.89. The van der Waals surface area contributed by atoms with E-state index in [-0.39, 0.29) is 10.3 Å². The Bertz CT molecular complexity index is 866. The van der Waals surface area contributed by atoms with E-state index in [9.17, 15) is 0 Å². The Labute approximate surface area is 222 Å². The molecule has 3 nitrogen and oxygen atoms in total. The smallest absolute Gasteiger partial charge is 0.255 e. The molecule has 1 aromatic rings. The third-order valence-corrected chi connectivity index (χ3v) is 23.3. The zero-order valence-electron chi connectivity index (χ0n) is 25.9. The van der Waals surface area contributed by atoms with E-state index in [0.717, 1.165) is 0 Å². The molecular formula is C28H56O3Si4. The van der Waals surface area contributed by atoms with Crippen LogP contribution in [0.15, 0.2) is 43.0 Å². The van der Waals surface area contributed by atoms with Crippen molar-refractivity contribution in [3.8, 4) is 0 Å². The lowest BCUT2D eigenvalue weighted by Gasteiger charge is -2.57. The molecule has 0 heterocycles. The van der Waals surface area contributed by atoms with Crippen LogP contribution in [0.2, 0.25) is 64.0 Å². The summed E-state index contributed by atoms with van der Waals surface area (Å²) in [5.74, 6) is 0. The summed E-state index contributed by atoms with van der Waals surface area (Å²) in [7, 11) is -8.43. The van der Waals surface area contributed by atoms with Gasteiger partial charge in [-0.05, 0) is 79.1 Å². The standard InChI is InChI=1S/C28H56O3Si4/c1-18-28(8,31-33(12,13)14)35(17,24-22-20-19-21-23-24)29-25(2,3)26(4,5)34(15,16)30-27(6,7)32(9,10)11/h18-23H,1H2,2-17H3. The zero-order valence-corrected chi connectivity index (χ0v) is 29.9. The number of hydrogen-bond acceptors (Lipinski definition) is 3. The van der Waals surface area contributed by atoms with Crippen molar-refractivity contribution in [2.75, 3.05) is 0 Å². The van der Waals surface area contributed by atoms with Gasteiger partial charge in [0.15, 0.2) is 16.6 Å². The molecule has 0 fully saturated rings. The largest absolute Gasteiger partial charge is 0.415 e. The highest BCUT2D eigenvalue weighted by atomic mass is 28.4. The minimum Gasteiger partial charge on any atom is -0.415 e. The summed E-state index contributed by atoms with van der Waals surface area (Å²) in [4.78, 5) is 0. The summed E-state index contributed by atoms with van der Waals surface area (Å²) in [6, 6.07) is 10.7. The van der Waals surface area contributed by atoms with Crippen molar-refractivity contribution in [3.63, 3.8) is 0 Å². The zero-order chi connectivity index (χ0) is 27.9. The van der Waals surface area contributed by atoms with Gasteiger partial charge in [-0.15, -0.1) is 6.58 Å². The van der Waals surface area contributed by atoms with E-state index in [1.54, 1.807) is 0 Å². The summed E-state index contributed by atoms with van der Waals surface area (Å²) in [5.41, 5.74) is -0.456. The van der Waals surface area contributed by atoms with Crippen LogP contribution in [0.4, 0.5) is 0 Å². The minimum atomic E-state index is -2.74. The molecule has 202 valence electrons. The van der Waals surface area contributed by atoms with Crippen molar-refractivity contribution in [3.05, 3.63) is 43.0 Å². The van der Waals surface area contributed by atoms with Crippen molar-refractivity contribution in [2.24, 2.45) is 0 Å². The maximum Gasteiger partial charge on any atom is 0.255 e. The fourth-order valence-corrected chi connectivity index (χ4v) is 16.0. The molecule has 0 bridgehead atoms. The van der Waals surface area contributed by atoms with Crippen molar-refractivity contribution >= 4 is 38.2 Å². The topological polar surface area (TPSA) is 27.7 Å². The SMILES string of the molecule is C=CC(C)(O[Si](C)(C)C)[Si](C)(OC(C)(C)C(C)(C)[Si](C)(C)OC(C)(C)[Si](C)(C)C)c1ccccc1. The quantitative estimate of drug-likeness (QED) is 0.193. The Balaban J connectivity index is 3.66. The summed E-state index contributed by atoms with van der Waals surface area (Å²) in [6.07, 6.45) is 2.00. The molecule has 2 unspecified atom stereocenters. The lowest BCUT2D eigenvalue weighted by atomic mass is 9.94. The Morgan fingerprint density at radius 2 is 1.14 bits per heavy atom. The first-order valence-corrected chi connectivity index (χ1v) is 25.3. The van der Waals surface area contributed by atoms with E-state index < -0.39 is 43.9 Å². The molecule has 1 rings (SSSR count). The Morgan fingerprint density at radius 3 is 1.51 bits per heavy atom. The first kappa shape index (κ1) is 32.7. The van der Waals surface area contributed by atoms with Crippen molar-refractivity contribution in [1.82, 2.24) is 0 Å². The molecule has 0 aromatic heterocycles. The Morgan fingerprint density at radius 1 is 0.686 bits per heavy atom. The molecule has 0 N–H and O–H groups in total. The van der Waals surface area contributed by atoms with Crippen LogP contribution in [0.25, 0.3) is 0 Å². The Hall–Kier alpha value is -0.292. The van der Waals surface area contributed by atoms with Gasteiger partial charge in [0, 0.05) is 10.3 Å². The van der Waals surface area contributed by atoms with Crippen molar-refractivity contribution in [2.45, 2.75) is 128 Å². The molecule has 7 heteroatoms. The second-order valence-electron chi connectivity index (χ2n) is 14.5. The summed E-state index contributed by atoms with van der Waals surface area (Å²) in [6.45, 7) is 41.2. The minimum absolute atomic E-state index is 0.118. The third kappa shape index (κ3) is 6.78. The molecule has 0 aliphatic carbocycles. The van der Waals surface area contributed by atoms with Crippen LogP contribution >= 0.6 is 0 Å². The van der Waals surface area contributed by atoms with E-state index in [1.165, 1.54) is 5.19 Å². The van der Waals surface area contributed by atoms with E-state index in [1.807, 2.05) is 6.08 Å². The van der Waals surface area contributed by atoms with Crippen molar-refractivity contribution in [1.29, 1.82) is 0 Å². The number of benzene rings is 1. The lowest BCUT2D eigenvalue weighted by Crippen LogP contribution is -2.71. The Kier molecular flexibility index (Phi) is 9.46. The van der Waals surface area contributed by atoms with Gasteiger partial charge in [0.05, 0.1) is 18.9 Å². The molecule has 1 aromatic carbocycles. The van der Waals surface area contributed by atoms with Gasteiger partial charge in [0.2, 0.25) is 0 Å². The average molecular weight is 553 g/mol.